The van der Waals surface area contributed by atoms with Crippen LogP contribution in [0.2, 0.25) is 5.02 Å². The number of aromatic nitrogens is 3. The van der Waals surface area contributed by atoms with Gasteiger partial charge in [-0.2, -0.15) is 0 Å². The largest absolute Gasteiger partial charge is 0.367 e. The molecule has 17 heavy (non-hydrogen) atoms. The molecule has 0 fully saturated rings. The minimum atomic E-state index is -0.225. The molecular formula is C10H10ClN5O. The lowest BCUT2D eigenvalue weighted by Crippen LogP contribution is -2.19. The minimum absolute atomic E-state index is 0.0523. The van der Waals surface area contributed by atoms with Crippen molar-refractivity contribution >= 4 is 29.1 Å². The Morgan fingerprint density at radius 3 is 3.00 bits per heavy atom. The van der Waals surface area contributed by atoms with Crippen molar-refractivity contribution in [1.82, 2.24) is 14.8 Å². The second-order valence-corrected chi connectivity index (χ2v) is 3.80. The van der Waals surface area contributed by atoms with E-state index >= 15 is 0 Å². The van der Waals surface area contributed by atoms with Crippen molar-refractivity contribution in [3.8, 4) is 0 Å². The first kappa shape index (κ1) is 11.4. The number of carbonyl (C=O) groups excluding carboxylic acids is 1. The lowest BCUT2D eigenvalue weighted by molar-refractivity contribution is -0.116. The van der Waals surface area contributed by atoms with Gasteiger partial charge in [0.25, 0.3) is 0 Å². The van der Waals surface area contributed by atoms with Crippen molar-refractivity contribution in [1.29, 1.82) is 0 Å². The Morgan fingerprint density at radius 1 is 1.53 bits per heavy atom. The lowest BCUT2D eigenvalue weighted by atomic mass is 10.3. The molecule has 0 aliphatic carbocycles. The van der Waals surface area contributed by atoms with Gasteiger partial charge in [-0.3, -0.25) is 4.79 Å². The number of hydrogen-bond acceptors (Lipinski definition) is 4. The summed E-state index contributed by atoms with van der Waals surface area (Å²) in [7, 11) is 0. The molecule has 0 saturated heterocycles. The van der Waals surface area contributed by atoms with Crippen LogP contribution in [0.4, 0.5) is 11.6 Å². The van der Waals surface area contributed by atoms with Gasteiger partial charge in [-0.1, -0.05) is 17.7 Å². The molecule has 0 radical (unpaired) electrons. The predicted octanol–water partition coefficient (Wildman–Crippen LogP) is 1.15. The van der Waals surface area contributed by atoms with Crippen LogP contribution in [0, 0.1) is 0 Å². The molecule has 0 aliphatic rings. The van der Waals surface area contributed by atoms with E-state index in [9.17, 15) is 4.79 Å². The van der Waals surface area contributed by atoms with Crippen LogP contribution < -0.4 is 11.1 Å². The van der Waals surface area contributed by atoms with E-state index < -0.39 is 0 Å². The van der Waals surface area contributed by atoms with Crippen LogP contribution in [0.15, 0.2) is 30.6 Å². The molecule has 2 aromatic rings. The van der Waals surface area contributed by atoms with E-state index in [-0.39, 0.29) is 18.4 Å². The molecule has 0 atom stereocenters. The molecule has 88 valence electrons. The number of nitrogens with one attached hydrogen (secondary N) is 1. The highest BCUT2D eigenvalue weighted by atomic mass is 35.5. The number of nitrogens with two attached hydrogens (primary N) is 1. The number of benzene rings is 1. The number of nitrogen functional groups attached to an aromatic ring is 1. The van der Waals surface area contributed by atoms with E-state index in [0.717, 1.165) is 0 Å². The van der Waals surface area contributed by atoms with Gasteiger partial charge in [0.1, 0.15) is 12.9 Å². The van der Waals surface area contributed by atoms with Crippen molar-refractivity contribution in [3.63, 3.8) is 0 Å². The zero-order chi connectivity index (χ0) is 12.3. The first-order valence-corrected chi connectivity index (χ1v) is 5.21. The number of halogens is 1. The van der Waals surface area contributed by atoms with Crippen LogP contribution in [0.5, 0.6) is 0 Å². The van der Waals surface area contributed by atoms with Crippen LogP contribution in [-0.4, -0.2) is 20.7 Å². The second kappa shape index (κ2) is 4.84. The first-order valence-electron chi connectivity index (χ1n) is 4.84. The zero-order valence-electron chi connectivity index (χ0n) is 8.80. The van der Waals surface area contributed by atoms with E-state index in [1.165, 1.54) is 11.0 Å². The molecule has 3 N–H and O–H groups in total. The van der Waals surface area contributed by atoms with Gasteiger partial charge in [-0.05, 0) is 18.2 Å². The smallest absolute Gasteiger partial charge is 0.246 e. The maximum atomic E-state index is 11.6. The van der Waals surface area contributed by atoms with E-state index in [2.05, 4.69) is 15.4 Å². The van der Waals surface area contributed by atoms with Gasteiger partial charge < -0.3 is 11.1 Å². The normalized spacial score (nSPS) is 10.2. The Hall–Kier alpha value is -2.08. The summed E-state index contributed by atoms with van der Waals surface area (Å²) in [6, 6.07) is 6.90. The Balaban J connectivity index is 1.98. The molecule has 0 saturated carbocycles. The van der Waals surface area contributed by atoms with Gasteiger partial charge in [0.05, 0.1) is 0 Å². The van der Waals surface area contributed by atoms with E-state index in [4.69, 9.17) is 17.3 Å². The number of anilines is 2. The van der Waals surface area contributed by atoms with Gasteiger partial charge >= 0.3 is 0 Å². The van der Waals surface area contributed by atoms with Gasteiger partial charge in [0.2, 0.25) is 11.9 Å². The van der Waals surface area contributed by atoms with Crippen molar-refractivity contribution < 1.29 is 4.79 Å². The molecule has 1 aromatic heterocycles. The van der Waals surface area contributed by atoms with Crippen molar-refractivity contribution in [3.05, 3.63) is 35.6 Å². The SMILES string of the molecule is Nc1ncn(CC(=O)Nc2cccc(Cl)c2)n1. The third-order valence-electron chi connectivity index (χ3n) is 1.97. The van der Waals surface area contributed by atoms with Crippen LogP contribution in [0.1, 0.15) is 0 Å². The number of carbonyl (C=O) groups is 1. The maximum absolute atomic E-state index is 11.6. The quantitative estimate of drug-likeness (QED) is 0.857. The molecule has 0 bridgehead atoms. The van der Waals surface area contributed by atoms with Crippen molar-refractivity contribution in [2.45, 2.75) is 6.54 Å². The van der Waals surface area contributed by atoms with Gasteiger partial charge in [0, 0.05) is 10.7 Å². The standard InChI is InChI=1S/C10H10ClN5O/c11-7-2-1-3-8(4-7)14-9(17)5-16-6-13-10(12)15-16/h1-4,6H,5H2,(H2,12,15)(H,14,17). The summed E-state index contributed by atoms with van der Waals surface area (Å²) >= 11 is 5.80. The Labute approximate surface area is 102 Å². The van der Waals surface area contributed by atoms with Gasteiger partial charge in [0.15, 0.2) is 0 Å². The summed E-state index contributed by atoms with van der Waals surface area (Å²) in [5.74, 6) is -0.0854. The highest BCUT2D eigenvalue weighted by Gasteiger charge is 2.05. The third kappa shape index (κ3) is 3.18. The van der Waals surface area contributed by atoms with Gasteiger partial charge in [-0.15, -0.1) is 5.10 Å². The molecule has 0 unspecified atom stereocenters. The Kier molecular flexibility index (Phi) is 3.24. The van der Waals surface area contributed by atoms with E-state index in [0.29, 0.717) is 10.7 Å². The van der Waals surface area contributed by atoms with Crippen LogP contribution >= 0.6 is 11.6 Å². The van der Waals surface area contributed by atoms with Gasteiger partial charge in [-0.25, -0.2) is 9.67 Å². The number of hydrogen-bond donors (Lipinski definition) is 2. The molecule has 1 amide bonds. The number of rotatable bonds is 3. The minimum Gasteiger partial charge on any atom is -0.367 e. The van der Waals surface area contributed by atoms with E-state index in [1.54, 1.807) is 24.3 Å². The molecular weight excluding hydrogens is 242 g/mol. The fraction of sp³-hybridized carbons (Fsp3) is 0.100. The molecule has 6 nitrogen and oxygen atoms in total. The molecule has 7 heteroatoms. The highest BCUT2D eigenvalue weighted by Crippen LogP contribution is 2.14. The second-order valence-electron chi connectivity index (χ2n) is 3.36. The molecule has 2 rings (SSSR count). The predicted molar refractivity (Wildman–Crippen MR) is 64.5 cm³/mol. The number of amides is 1. The summed E-state index contributed by atoms with van der Waals surface area (Å²) in [6.07, 6.45) is 1.40. The first-order chi connectivity index (χ1) is 8.13. The Morgan fingerprint density at radius 2 is 2.35 bits per heavy atom. The summed E-state index contributed by atoms with van der Waals surface area (Å²) in [5.41, 5.74) is 5.97. The number of nitrogens with zero attached hydrogens (tertiary/aromatic N) is 3. The topological polar surface area (TPSA) is 85.8 Å². The summed E-state index contributed by atoms with van der Waals surface area (Å²) < 4.78 is 1.36. The zero-order valence-corrected chi connectivity index (χ0v) is 9.55. The van der Waals surface area contributed by atoms with Crippen LogP contribution in [-0.2, 0) is 11.3 Å². The van der Waals surface area contributed by atoms with Crippen LogP contribution in [0.3, 0.4) is 0 Å². The summed E-state index contributed by atoms with van der Waals surface area (Å²) in [6.45, 7) is 0.0523. The lowest BCUT2D eigenvalue weighted by Gasteiger charge is -2.04. The van der Waals surface area contributed by atoms with Crippen LogP contribution in [0.25, 0.3) is 0 Å². The average Bonchev–Trinajstić information content (AvgIpc) is 2.63. The molecule has 1 heterocycles. The average molecular weight is 252 g/mol. The molecule has 0 aliphatic heterocycles. The summed E-state index contributed by atoms with van der Waals surface area (Å²) in [4.78, 5) is 15.3. The van der Waals surface area contributed by atoms with Crippen molar-refractivity contribution in [2.24, 2.45) is 0 Å². The van der Waals surface area contributed by atoms with Crippen molar-refractivity contribution in [2.75, 3.05) is 11.1 Å². The monoisotopic (exact) mass is 251 g/mol. The maximum Gasteiger partial charge on any atom is 0.246 e. The summed E-state index contributed by atoms with van der Waals surface area (Å²) in [5, 5.41) is 7.06. The molecule has 1 aromatic carbocycles. The fourth-order valence-electron chi connectivity index (χ4n) is 1.30. The fourth-order valence-corrected chi connectivity index (χ4v) is 1.49. The van der Waals surface area contributed by atoms with E-state index in [1.807, 2.05) is 0 Å². The molecule has 0 spiro atoms. The Bertz CT molecular complexity index is 539. The third-order valence-corrected chi connectivity index (χ3v) is 2.20. The highest BCUT2D eigenvalue weighted by molar-refractivity contribution is 6.30.